The zero-order valence-corrected chi connectivity index (χ0v) is 19.3. The van der Waals surface area contributed by atoms with Gasteiger partial charge in [-0.1, -0.05) is 0 Å². The molecule has 4 bridgehead atoms. The average molecular weight is 454 g/mol. The number of carbonyl (C=O) groups is 4. The van der Waals surface area contributed by atoms with Crippen LogP contribution in [0.3, 0.4) is 0 Å². The third kappa shape index (κ3) is 3.80. The highest BCUT2D eigenvalue weighted by atomic mass is 16.5. The van der Waals surface area contributed by atoms with E-state index in [4.69, 9.17) is 9.47 Å². The van der Waals surface area contributed by atoms with Crippen LogP contribution < -0.4 is 0 Å². The molecule has 5 aliphatic rings. The Bertz CT molecular complexity index is 979. The Kier molecular flexibility index (Phi) is 5.63. The second-order valence-corrected chi connectivity index (χ2v) is 10.5. The third-order valence-electron chi connectivity index (χ3n) is 8.15. The normalized spacial score (nSPS) is 30.5. The van der Waals surface area contributed by atoms with Gasteiger partial charge in [-0.3, -0.25) is 19.3 Å². The van der Waals surface area contributed by atoms with Gasteiger partial charge in [0, 0.05) is 25.7 Å². The number of rotatable bonds is 8. The third-order valence-corrected chi connectivity index (χ3v) is 8.15. The lowest BCUT2D eigenvalue weighted by molar-refractivity contribution is -0.152. The van der Waals surface area contributed by atoms with Crippen molar-refractivity contribution >= 4 is 23.6 Å². The summed E-state index contributed by atoms with van der Waals surface area (Å²) < 4.78 is 10.6. The highest BCUT2D eigenvalue weighted by Crippen LogP contribution is 2.60. The summed E-state index contributed by atoms with van der Waals surface area (Å²) in [5.74, 6) is 0.531. The molecule has 0 N–H and O–H groups in total. The maximum atomic E-state index is 13.4. The molecule has 1 aromatic rings. The molecule has 0 spiro atoms. The quantitative estimate of drug-likeness (QED) is 0.339. The van der Waals surface area contributed by atoms with Crippen molar-refractivity contribution < 1.29 is 28.7 Å². The van der Waals surface area contributed by atoms with Crippen molar-refractivity contribution in [3.8, 4) is 0 Å². The number of hydrogen-bond acceptors (Lipinski definition) is 6. The Balaban J connectivity index is 1.27. The van der Waals surface area contributed by atoms with Crippen LogP contribution in [0, 0.1) is 23.2 Å². The van der Waals surface area contributed by atoms with E-state index in [1.807, 2.05) is 0 Å². The number of methoxy groups -OCH3 is 1. The van der Waals surface area contributed by atoms with Gasteiger partial charge < -0.3 is 9.47 Å². The van der Waals surface area contributed by atoms with Crippen molar-refractivity contribution in [2.45, 2.75) is 58.0 Å². The van der Waals surface area contributed by atoms with Gasteiger partial charge in [0.1, 0.15) is 0 Å². The number of ketones is 1. The molecule has 6 rings (SSSR count). The van der Waals surface area contributed by atoms with E-state index in [2.05, 4.69) is 0 Å². The maximum Gasteiger partial charge on any atom is 0.338 e. The van der Waals surface area contributed by atoms with Gasteiger partial charge in [0.25, 0.3) is 11.8 Å². The molecular formula is C26H31NO6. The number of hydrogen-bond donors (Lipinski definition) is 0. The number of nitrogens with zero attached hydrogens (tertiary/aromatic N) is 1. The Labute approximate surface area is 193 Å². The number of ether oxygens (including phenoxy) is 2. The molecular weight excluding hydrogens is 422 g/mol. The molecule has 7 nitrogen and oxygen atoms in total. The van der Waals surface area contributed by atoms with Gasteiger partial charge >= 0.3 is 5.97 Å². The molecule has 1 atom stereocenters. The van der Waals surface area contributed by atoms with Crippen molar-refractivity contribution in [1.29, 1.82) is 0 Å². The lowest BCUT2D eigenvalue weighted by Gasteiger charge is -2.56. The summed E-state index contributed by atoms with van der Waals surface area (Å²) in [4.78, 5) is 52.7. The Morgan fingerprint density at radius 1 is 1.03 bits per heavy atom. The number of fused-ring (bicyclic) bond motifs is 1. The number of imide groups is 1. The standard InChI is InChI=1S/C26H31NO6/c1-15(22(28)26-12-16-8-17(13-26)10-18(9-16)14-26)33-25(31)19-4-5-20-21(11-19)24(30)27(23(20)29)6-3-7-32-2/h4-5,11,15-18H,3,6-10,12-14H2,1-2H3/t15-,16?,17?,18?,26?/m0/s1. The van der Waals surface area contributed by atoms with Crippen molar-refractivity contribution in [3.63, 3.8) is 0 Å². The van der Waals surface area contributed by atoms with Crippen molar-refractivity contribution in [1.82, 2.24) is 4.90 Å². The monoisotopic (exact) mass is 453 g/mol. The number of carbonyl (C=O) groups excluding carboxylic acids is 4. The van der Waals surface area contributed by atoms with Gasteiger partial charge in [0.2, 0.25) is 0 Å². The number of esters is 1. The molecule has 1 aliphatic heterocycles. The van der Waals surface area contributed by atoms with E-state index in [9.17, 15) is 19.2 Å². The summed E-state index contributed by atoms with van der Waals surface area (Å²) in [7, 11) is 1.56. The van der Waals surface area contributed by atoms with Crippen molar-refractivity contribution in [2.75, 3.05) is 20.3 Å². The summed E-state index contributed by atoms with van der Waals surface area (Å²) in [6.45, 7) is 2.37. The summed E-state index contributed by atoms with van der Waals surface area (Å²) >= 11 is 0. The van der Waals surface area contributed by atoms with Gasteiger partial charge in [-0.2, -0.15) is 0 Å². The van der Waals surface area contributed by atoms with Gasteiger partial charge in [-0.25, -0.2) is 4.79 Å². The van der Waals surface area contributed by atoms with Crippen LogP contribution in [0.15, 0.2) is 18.2 Å². The van der Waals surface area contributed by atoms with E-state index in [0.717, 1.165) is 19.3 Å². The number of benzene rings is 1. The van der Waals surface area contributed by atoms with Crippen LogP contribution in [0.2, 0.25) is 0 Å². The molecule has 0 radical (unpaired) electrons. The Hall–Kier alpha value is -2.54. The van der Waals surface area contributed by atoms with Gasteiger partial charge in [0.05, 0.1) is 16.7 Å². The highest BCUT2D eigenvalue weighted by Gasteiger charge is 2.55. The summed E-state index contributed by atoms with van der Waals surface area (Å²) in [6, 6.07) is 4.40. The summed E-state index contributed by atoms with van der Waals surface area (Å²) in [5, 5.41) is 0. The fourth-order valence-electron chi connectivity index (χ4n) is 7.11. The highest BCUT2D eigenvalue weighted by molar-refractivity contribution is 6.22. The van der Waals surface area contributed by atoms with Crippen LogP contribution in [-0.2, 0) is 14.3 Å². The maximum absolute atomic E-state index is 13.4. The van der Waals surface area contributed by atoms with Crippen LogP contribution in [-0.4, -0.2) is 54.8 Å². The molecule has 0 unspecified atom stereocenters. The minimum atomic E-state index is -0.829. The molecule has 4 saturated carbocycles. The van der Waals surface area contributed by atoms with E-state index in [1.54, 1.807) is 14.0 Å². The van der Waals surface area contributed by atoms with E-state index in [-0.39, 0.29) is 40.3 Å². The summed E-state index contributed by atoms with van der Waals surface area (Å²) in [5.41, 5.74) is 0.328. The first-order valence-corrected chi connectivity index (χ1v) is 12.1. The molecule has 7 heteroatoms. The van der Waals surface area contributed by atoms with Crippen LogP contribution in [0.1, 0.15) is 82.9 Å². The van der Waals surface area contributed by atoms with Crippen molar-refractivity contribution in [3.05, 3.63) is 34.9 Å². The number of amides is 2. The molecule has 4 aliphatic carbocycles. The van der Waals surface area contributed by atoms with Crippen LogP contribution in [0.4, 0.5) is 0 Å². The molecule has 0 saturated heterocycles. The topological polar surface area (TPSA) is 90.0 Å². The zero-order chi connectivity index (χ0) is 23.3. The predicted octanol–water partition coefficient (Wildman–Crippen LogP) is 3.65. The van der Waals surface area contributed by atoms with E-state index >= 15 is 0 Å². The fourth-order valence-corrected chi connectivity index (χ4v) is 7.11. The molecule has 33 heavy (non-hydrogen) atoms. The summed E-state index contributed by atoms with van der Waals surface area (Å²) in [6.07, 6.45) is 6.21. The predicted molar refractivity (Wildman–Crippen MR) is 119 cm³/mol. The van der Waals surface area contributed by atoms with Crippen molar-refractivity contribution in [2.24, 2.45) is 23.2 Å². The number of Topliss-reactive ketones (excluding diaryl/α,β-unsaturated/α-hetero) is 1. The van der Waals surface area contributed by atoms with E-state index < -0.39 is 18.0 Å². The van der Waals surface area contributed by atoms with Gasteiger partial charge in [-0.15, -0.1) is 0 Å². The minimum absolute atomic E-state index is 0.0479. The lowest BCUT2D eigenvalue weighted by Crippen LogP contribution is -2.52. The van der Waals surface area contributed by atoms with Crippen LogP contribution in [0.25, 0.3) is 0 Å². The average Bonchev–Trinajstić information content (AvgIpc) is 3.02. The second-order valence-electron chi connectivity index (χ2n) is 10.5. The van der Waals surface area contributed by atoms with Crippen LogP contribution in [0.5, 0.6) is 0 Å². The van der Waals surface area contributed by atoms with Crippen LogP contribution >= 0.6 is 0 Å². The smallest absolute Gasteiger partial charge is 0.338 e. The van der Waals surface area contributed by atoms with E-state index in [0.29, 0.717) is 30.8 Å². The first kappa shape index (κ1) is 22.3. The Morgan fingerprint density at radius 3 is 2.24 bits per heavy atom. The molecule has 176 valence electrons. The largest absolute Gasteiger partial charge is 0.451 e. The van der Waals surface area contributed by atoms with Gasteiger partial charge in [0.15, 0.2) is 11.9 Å². The molecule has 4 fully saturated rings. The van der Waals surface area contributed by atoms with Gasteiger partial charge in [-0.05, 0) is 87.8 Å². The SMILES string of the molecule is COCCCN1C(=O)c2ccc(C(=O)O[C@@H](C)C(=O)C34CC5CC(CC(C5)C3)C4)cc2C1=O. The lowest BCUT2D eigenvalue weighted by atomic mass is 9.48. The fraction of sp³-hybridized carbons (Fsp3) is 0.615. The molecule has 0 aromatic heterocycles. The first-order valence-electron chi connectivity index (χ1n) is 12.1. The Morgan fingerprint density at radius 2 is 1.64 bits per heavy atom. The first-order chi connectivity index (χ1) is 15.8. The molecule has 2 amide bonds. The van der Waals surface area contributed by atoms with E-state index in [1.165, 1.54) is 42.4 Å². The zero-order valence-electron chi connectivity index (χ0n) is 19.3. The molecule has 1 heterocycles. The minimum Gasteiger partial charge on any atom is -0.451 e. The molecule has 1 aromatic carbocycles. The second kappa shape index (κ2) is 8.35.